The molecule has 2 rings (SSSR count). The van der Waals surface area contributed by atoms with Crippen molar-refractivity contribution < 1.29 is 33.3 Å². The number of aromatic nitrogens is 2. The Bertz CT molecular complexity index is 762. The maximum absolute atomic E-state index is 12.1. The molecule has 0 saturated carbocycles. The van der Waals surface area contributed by atoms with Crippen molar-refractivity contribution in [3.05, 3.63) is 22.7 Å². The van der Waals surface area contributed by atoms with E-state index >= 15 is 0 Å². The van der Waals surface area contributed by atoms with Gasteiger partial charge in [-0.3, -0.25) is 19.0 Å². The number of hydrogen-bond donors (Lipinski definition) is 1. The molecule has 11 heteroatoms. The van der Waals surface area contributed by atoms with Crippen molar-refractivity contribution in [3.63, 3.8) is 0 Å². The monoisotopic (exact) mass is 369 g/mol. The summed E-state index contributed by atoms with van der Waals surface area (Å²) in [6.07, 6.45) is -3.04. The van der Waals surface area contributed by atoms with E-state index in [1.54, 1.807) is 0 Å². The summed E-state index contributed by atoms with van der Waals surface area (Å²) in [5.41, 5.74) is 4.72. The summed E-state index contributed by atoms with van der Waals surface area (Å²) in [6.45, 7) is 3.26. The summed E-state index contributed by atoms with van der Waals surface area (Å²) in [6, 6.07) is 1.36. The van der Waals surface area contributed by atoms with Crippen molar-refractivity contribution in [1.82, 2.24) is 9.55 Å². The van der Waals surface area contributed by atoms with Crippen molar-refractivity contribution in [2.45, 2.75) is 45.3 Å². The molecular weight excluding hydrogens is 350 g/mol. The fourth-order valence-electron chi connectivity index (χ4n) is 2.54. The van der Waals surface area contributed by atoms with Crippen LogP contribution < -0.4 is 11.4 Å². The number of carbonyl (C=O) groups excluding carboxylic acids is 3. The molecule has 0 spiro atoms. The largest absolute Gasteiger partial charge is 0.463 e. The molecule has 1 aromatic heterocycles. The molecule has 0 bridgehead atoms. The second-order valence-corrected chi connectivity index (χ2v) is 5.56. The van der Waals surface area contributed by atoms with Gasteiger partial charge in [0.25, 0.3) is 0 Å². The highest BCUT2D eigenvalue weighted by atomic mass is 16.7. The number of anilines is 1. The lowest BCUT2D eigenvalue weighted by atomic mass is 10.1. The zero-order valence-electron chi connectivity index (χ0n) is 14.4. The molecule has 1 aromatic rings. The Morgan fingerprint density at radius 2 is 1.77 bits per heavy atom. The molecule has 0 radical (unpaired) electrons. The standard InChI is InChI=1S/C15H19N3O8/c1-7(19)23-6-10-12(24-8(2)20)13(25-9(3)21)14(26-10)18-5-4-11(16)17-15(18)22/h4-5,10,12-14H,6H2,1-3H3,(H2,16,17,22)/t10-,12+,13+,14+/m1/s1. The molecule has 0 aromatic carbocycles. The number of nitrogens with zero attached hydrogens (tertiary/aromatic N) is 2. The topological polar surface area (TPSA) is 149 Å². The van der Waals surface area contributed by atoms with Crippen LogP contribution >= 0.6 is 0 Å². The van der Waals surface area contributed by atoms with Gasteiger partial charge in [0.15, 0.2) is 18.4 Å². The zero-order valence-corrected chi connectivity index (χ0v) is 14.4. The second-order valence-electron chi connectivity index (χ2n) is 5.56. The first-order chi connectivity index (χ1) is 12.2. The van der Waals surface area contributed by atoms with Gasteiger partial charge in [0.2, 0.25) is 0 Å². The maximum atomic E-state index is 12.1. The minimum atomic E-state index is -1.15. The van der Waals surface area contributed by atoms with Gasteiger partial charge in [0.1, 0.15) is 18.5 Å². The number of ether oxygens (including phenoxy) is 4. The first-order valence-corrected chi connectivity index (χ1v) is 7.67. The average Bonchev–Trinajstić information content (AvgIpc) is 2.82. The highest BCUT2D eigenvalue weighted by Crippen LogP contribution is 2.33. The van der Waals surface area contributed by atoms with E-state index in [-0.39, 0.29) is 12.4 Å². The van der Waals surface area contributed by atoms with E-state index in [1.165, 1.54) is 19.2 Å². The Kier molecular flexibility index (Phi) is 5.93. The third-order valence-corrected chi connectivity index (χ3v) is 3.47. The van der Waals surface area contributed by atoms with Crippen LogP contribution in [0.15, 0.2) is 17.1 Å². The van der Waals surface area contributed by atoms with Crippen LogP contribution in [-0.2, 0) is 33.3 Å². The van der Waals surface area contributed by atoms with Crippen LogP contribution in [0.5, 0.6) is 0 Å². The average molecular weight is 369 g/mol. The SMILES string of the molecule is CC(=O)OC[C@H]1O[C@H](n2ccc(N)nc2=O)[C@@H](OC(C)=O)[C@H]1OC(C)=O. The van der Waals surface area contributed by atoms with Gasteiger partial charge in [0, 0.05) is 27.0 Å². The van der Waals surface area contributed by atoms with Crippen molar-refractivity contribution in [2.75, 3.05) is 12.3 Å². The molecule has 142 valence electrons. The summed E-state index contributed by atoms with van der Waals surface area (Å²) >= 11 is 0. The minimum absolute atomic E-state index is 0.00119. The number of rotatable bonds is 5. The Balaban J connectivity index is 2.40. The minimum Gasteiger partial charge on any atom is -0.463 e. The van der Waals surface area contributed by atoms with Gasteiger partial charge in [0.05, 0.1) is 0 Å². The van der Waals surface area contributed by atoms with Crippen molar-refractivity contribution in [2.24, 2.45) is 0 Å². The van der Waals surface area contributed by atoms with Crippen molar-refractivity contribution >= 4 is 23.7 Å². The fourth-order valence-corrected chi connectivity index (χ4v) is 2.54. The molecule has 1 fully saturated rings. The zero-order chi connectivity index (χ0) is 19.4. The van der Waals surface area contributed by atoms with Gasteiger partial charge in [-0.25, -0.2) is 4.79 Å². The van der Waals surface area contributed by atoms with Gasteiger partial charge < -0.3 is 24.7 Å². The van der Waals surface area contributed by atoms with E-state index < -0.39 is 48.1 Å². The summed E-state index contributed by atoms with van der Waals surface area (Å²) in [5, 5.41) is 0. The third-order valence-electron chi connectivity index (χ3n) is 3.47. The first kappa shape index (κ1) is 19.4. The molecule has 26 heavy (non-hydrogen) atoms. The molecule has 11 nitrogen and oxygen atoms in total. The maximum Gasteiger partial charge on any atom is 0.351 e. The van der Waals surface area contributed by atoms with Crippen LogP contribution in [0.2, 0.25) is 0 Å². The lowest BCUT2D eigenvalue weighted by Crippen LogP contribution is -2.41. The van der Waals surface area contributed by atoms with Crippen LogP contribution in [0, 0.1) is 0 Å². The van der Waals surface area contributed by atoms with E-state index in [2.05, 4.69) is 4.98 Å². The number of nitrogen functional groups attached to an aromatic ring is 1. The van der Waals surface area contributed by atoms with Gasteiger partial charge >= 0.3 is 23.6 Å². The Morgan fingerprint density at radius 1 is 1.15 bits per heavy atom. The molecule has 2 heterocycles. The van der Waals surface area contributed by atoms with Gasteiger partial charge in [-0.2, -0.15) is 4.98 Å². The van der Waals surface area contributed by atoms with Gasteiger partial charge in [-0.1, -0.05) is 0 Å². The Hall–Kier alpha value is -2.95. The number of hydrogen-bond acceptors (Lipinski definition) is 10. The highest BCUT2D eigenvalue weighted by molar-refractivity contribution is 5.68. The fraction of sp³-hybridized carbons (Fsp3) is 0.533. The normalized spacial score (nSPS) is 24.7. The van der Waals surface area contributed by atoms with E-state index in [0.29, 0.717) is 0 Å². The molecule has 0 aliphatic carbocycles. The van der Waals surface area contributed by atoms with Gasteiger partial charge in [-0.15, -0.1) is 0 Å². The van der Waals surface area contributed by atoms with Crippen molar-refractivity contribution in [3.8, 4) is 0 Å². The number of esters is 3. The Labute approximate surface area is 148 Å². The highest BCUT2D eigenvalue weighted by Gasteiger charge is 2.50. The predicted octanol–water partition coefficient (Wildman–Crippen LogP) is -0.851. The molecule has 2 N–H and O–H groups in total. The summed E-state index contributed by atoms with van der Waals surface area (Å²) in [7, 11) is 0. The smallest absolute Gasteiger partial charge is 0.351 e. The van der Waals surface area contributed by atoms with Crippen LogP contribution in [0.25, 0.3) is 0 Å². The molecule has 0 unspecified atom stereocenters. The summed E-state index contributed by atoms with van der Waals surface area (Å²) < 4.78 is 22.1. The van der Waals surface area contributed by atoms with Crippen molar-refractivity contribution in [1.29, 1.82) is 0 Å². The number of nitrogens with two attached hydrogens (primary N) is 1. The quantitative estimate of drug-likeness (QED) is 0.513. The van der Waals surface area contributed by atoms with E-state index in [9.17, 15) is 19.2 Å². The third kappa shape index (κ3) is 4.57. The van der Waals surface area contributed by atoms with Crippen LogP contribution in [0.1, 0.15) is 27.0 Å². The van der Waals surface area contributed by atoms with Gasteiger partial charge in [-0.05, 0) is 6.07 Å². The second kappa shape index (κ2) is 7.95. The van der Waals surface area contributed by atoms with E-state index in [4.69, 9.17) is 24.7 Å². The van der Waals surface area contributed by atoms with E-state index in [1.807, 2.05) is 0 Å². The van der Waals surface area contributed by atoms with Crippen LogP contribution in [0.3, 0.4) is 0 Å². The van der Waals surface area contributed by atoms with Crippen LogP contribution in [0.4, 0.5) is 5.82 Å². The molecule has 4 atom stereocenters. The molecule has 0 amide bonds. The number of carbonyl (C=O) groups is 3. The lowest BCUT2D eigenvalue weighted by molar-refractivity contribution is -0.166. The molecular formula is C15H19N3O8. The molecule has 1 saturated heterocycles. The molecule has 1 aliphatic rings. The molecule has 1 aliphatic heterocycles. The first-order valence-electron chi connectivity index (χ1n) is 7.67. The summed E-state index contributed by atoms with van der Waals surface area (Å²) in [4.78, 5) is 49.7. The van der Waals surface area contributed by atoms with Crippen LogP contribution in [-0.4, -0.2) is 52.4 Å². The van der Waals surface area contributed by atoms with E-state index in [0.717, 1.165) is 18.4 Å². The predicted molar refractivity (Wildman–Crippen MR) is 84.6 cm³/mol. The lowest BCUT2D eigenvalue weighted by Gasteiger charge is -2.23. The summed E-state index contributed by atoms with van der Waals surface area (Å²) in [5.74, 6) is -1.91. The Morgan fingerprint density at radius 3 is 2.31 bits per heavy atom.